The molecule has 0 saturated heterocycles. The van der Waals surface area contributed by atoms with Crippen molar-refractivity contribution in [2.75, 3.05) is 6.61 Å². The maximum Gasteiger partial charge on any atom is 0.339 e. The maximum atomic E-state index is 11.1. The molecule has 96 valence electrons. The zero-order chi connectivity index (χ0) is 13.7. The molecule has 0 saturated carbocycles. The Morgan fingerprint density at radius 3 is 2.61 bits per heavy atom. The van der Waals surface area contributed by atoms with E-state index in [0.717, 1.165) is 0 Å². The van der Waals surface area contributed by atoms with Crippen molar-refractivity contribution in [3.63, 3.8) is 0 Å². The molecule has 0 bridgehead atoms. The van der Waals surface area contributed by atoms with Crippen molar-refractivity contribution in [1.29, 1.82) is 0 Å². The largest absolute Gasteiger partial charge is 0.483 e. The number of urea groups is 1. The van der Waals surface area contributed by atoms with E-state index < -0.39 is 24.5 Å². The molecule has 0 aromatic heterocycles. The summed E-state index contributed by atoms with van der Waals surface area (Å²) in [6.07, 6.45) is 0. The monoisotopic (exact) mass is 252 g/mol. The molecule has 0 unspecified atom stereocenters. The van der Waals surface area contributed by atoms with Gasteiger partial charge in [-0.25, -0.2) is 9.59 Å². The second-order valence-electron chi connectivity index (χ2n) is 3.46. The summed E-state index contributed by atoms with van der Waals surface area (Å²) in [4.78, 5) is 32.5. The molecule has 18 heavy (non-hydrogen) atoms. The van der Waals surface area contributed by atoms with E-state index in [0.29, 0.717) is 5.56 Å². The molecule has 3 amide bonds. The van der Waals surface area contributed by atoms with E-state index in [1.807, 2.05) is 5.32 Å². The van der Waals surface area contributed by atoms with Crippen LogP contribution in [0.3, 0.4) is 0 Å². The second kappa shape index (κ2) is 5.67. The summed E-state index contributed by atoms with van der Waals surface area (Å²) in [7, 11) is 0. The standard InChI is InChI=1S/C11H12N2O5/c1-6-3-2-4-7(10(15)16)9(6)18-5-8(14)13-11(12)17/h2-4H,5H2,1H3,(H,15,16)(H3,12,13,14,17). The van der Waals surface area contributed by atoms with Crippen LogP contribution in [0.5, 0.6) is 5.75 Å². The third-order valence-electron chi connectivity index (χ3n) is 2.05. The van der Waals surface area contributed by atoms with E-state index in [4.69, 9.17) is 15.6 Å². The lowest BCUT2D eigenvalue weighted by Gasteiger charge is -2.11. The van der Waals surface area contributed by atoms with Crippen molar-refractivity contribution in [2.24, 2.45) is 5.73 Å². The van der Waals surface area contributed by atoms with Gasteiger partial charge in [-0.15, -0.1) is 0 Å². The van der Waals surface area contributed by atoms with Gasteiger partial charge in [-0.2, -0.15) is 0 Å². The van der Waals surface area contributed by atoms with Gasteiger partial charge in [0.05, 0.1) is 0 Å². The van der Waals surface area contributed by atoms with Crippen LogP contribution >= 0.6 is 0 Å². The van der Waals surface area contributed by atoms with E-state index in [2.05, 4.69) is 0 Å². The van der Waals surface area contributed by atoms with E-state index in [9.17, 15) is 14.4 Å². The molecule has 0 aliphatic rings. The molecular formula is C11H12N2O5. The third kappa shape index (κ3) is 3.48. The van der Waals surface area contributed by atoms with Gasteiger partial charge in [0.2, 0.25) is 0 Å². The number of carboxylic acid groups (broad SMARTS) is 1. The Morgan fingerprint density at radius 2 is 2.06 bits per heavy atom. The predicted molar refractivity (Wildman–Crippen MR) is 61.4 cm³/mol. The number of hydrogen-bond acceptors (Lipinski definition) is 4. The van der Waals surface area contributed by atoms with Crippen LogP contribution in [-0.4, -0.2) is 29.6 Å². The maximum absolute atomic E-state index is 11.1. The summed E-state index contributed by atoms with van der Waals surface area (Å²) in [5.41, 5.74) is 5.27. The normalized spacial score (nSPS) is 9.61. The number of rotatable bonds is 4. The summed E-state index contributed by atoms with van der Waals surface area (Å²) in [6, 6.07) is 3.58. The molecule has 0 heterocycles. The van der Waals surface area contributed by atoms with Gasteiger partial charge >= 0.3 is 12.0 Å². The highest BCUT2D eigenvalue weighted by molar-refractivity contribution is 5.95. The van der Waals surface area contributed by atoms with Crippen LogP contribution in [0.25, 0.3) is 0 Å². The Bertz CT molecular complexity index is 498. The number of primary amides is 1. The molecule has 0 fully saturated rings. The lowest BCUT2D eigenvalue weighted by Crippen LogP contribution is -2.38. The minimum absolute atomic E-state index is 0.0538. The molecule has 0 spiro atoms. The molecule has 0 aliphatic heterocycles. The molecule has 1 aromatic carbocycles. The minimum Gasteiger partial charge on any atom is -0.483 e. The summed E-state index contributed by atoms with van der Waals surface area (Å²) in [5.74, 6) is -1.82. The number of aromatic carboxylic acids is 1. The lowest BCUT2D eigenvalue weighted by molar-refractivity contribution is -0.121. The summed E-state index contributed by atoms with van der Waals surface area (Å²) in [6.45, 7) is 1.15. The molecule has 0 aliphatic carbocycles. The molecule has 7 heteroatoms. The van der Waals surface area contributed by atoms with E-state index in [1.54, 1.807) is 19.1 Å². The Hall–Kier alpha value is -2.57. The number of amides is 3. The number of hydrogen-bond donors (Lipinski definition) is 3. The number of nitrogens with one attached hydrogen (secondary N) is 1. The van der Waals surface area contributed by atoms with Crippen LogP contribution < -0.4 is 15.8 Å². The molecular weight excluding hydrogens is 240 g/mol. The third-order valence-corrected chi connectivity index (χ3v) is 2.05. The summed E-state index contributed by atoms with van der Waals surface area (Å²) >= 11 is 0. The minimum atomic E-state index is -1.16. The Balaban J connectivity index is 2.81. The van der Waals surface area contributed by atoms with Gasteiger partial charge in [-0.1, -0.05) is 12.1 Å². The van der Waals surface area contributed by atoms with Gasteiger partial charge in [-0.3, -0.25) is 10.1 Å². The highest BCUT2D eigenvalue weighted by Gasteiger charge is 2.15. The average molecular weight is 252 g/mol. The first kappa shape index (κ1) is 13.5. The van der Waals surface area contributed by atoms with Crippen molar-refractivity contribution in [2.45, 2.75) is 6.92 Å². The fourth-order valence-corrected chi connectivity index (χ4v) is 1.32. The molecule has 7 nitrogen and oxygen atoms in total. The SMILES string of the molecule is Cc1cccc(C(=O)O)c1OCC(=O)NC(N)=O. The molecule has 1 aromatic rings. The van der Waals surface area contributed by atoms with Gasteiger partial charge in [-0.05, 0) is 18.6 Å². The molecule has 0 atom stereocenters. The highest BCUT2D eigenvalue weighted by Crippen LogP contribution is 2.23. The smallest absolute Gasteiger partial charge is 0.339 e. The van der Waals surface area contributed by atoms with Crippen molar-refractivity contribution in [3.05, 3.63) is 29.3 Å². The summed E-state index contributed by atoms with van der Waals surface area (Å²) < 4.78 is 5.09. The predicted octanol–water partition coefficient (Wildman–Crippen LogP) is 0.267. The number of carboxylic acids is 1. The Labute approximate surface area is 103 Å². The van der Waals surface area contributed by atoms with Gasteiger partial charge < -0.3 is 15.6 Å². The lowest BCUT2D eigenvalue weighted by atomic mass is 10.1. The number of ether oxygens (including phenoxy) is 1. The van der Waals surface area contributed by atoms with Crippen LogP contribution in [0.1, 0.15) is 15.9 Å². The van der Waals surface area contributed by atoms with Gasteiger partial charge in [0.25, 0.3) is 5.91 Å². The van der Waals surface area contributed by atoms with E-state index in [-0.39, 0.29) is 11.3 Å². The Morgan fingerprint density at radius 1 is 1.39 bits per heavy atom. The number of aryl methyl sites for hydroxylation is 1. The van der Waals surface area contributed by atoms with Crippen molar-refractivity contribution in [3.8, 4) is 5.75 Å². The van der Waals surface area contributed by atoms with Crippen molar-refractivity contribution in [1.82, 2.24) is 5.32 Å². The van der Waals surface area contributed by atoms with Gasteiger partial charge in [0, 0.05) is 0 Å². The van der Waals surface area contributed by atoms with Gasteiger partial charge in [0.15, 0.2) is 6.61 Å². The summed E-state index contributed by atoms with van der Waals surface area (Å²) in [5, 5.41) is 10.8. The molecule has 1 rings (SSSR count). The first-order valence-corrected chi connectivity index (χ1v) is 4.97. The van der Waals surface area contributed by atoms with Crippen LogP contribution in [0.4, 0.5) is 4.79 Å². The number of carbonyl (C=O) groups excluding carboxylic acids is 2. The fourth-order valence-electron chi connectivity index (χ4n) is 1.32. The van der Waals surface area contributed by atoms with Crippen LogP contribution in [0.2, 0.25) is 0 Å². The quantitative estimate of drug-likeness (QED) is 0.710. The van der Waals surface area contributed by atoms with E-state index in [1.165, 1.54) is 6.07 Å². The van der Waals surface area contributed by atoms with Crippen molar-refractivity contribution >= 4 is 17.9 Å². The first-order chi connectivity index (χ1) is 8.41. The van der Waals surface area contributed by atoms with Crippen molar-refractivity contribution < 1.29 is 24.2 Å². The number of benzene rings is 1. The van der Waals surface area contributed by atoms with Crippen LogP contribution in [0, 0.1) is 6.92 Å². The molecule has 0 radical (unpaired) electrons. The first-order valence-electron chi connectivity index (χ1n) is 4.97. The fraction of sp³-hybridized carbons (Fsp3) is 0.182. The molecule has 4 N–H and O–H groups in total. The van der Waals surface area contributed by atoms with Crippen LogP contribution in [-0.2, 0) is 4.79 Å². The second-order valence-corrected chi connectivity index (χ2v) is 3.46. The Kier molecular flexibility index (Phi) is 4.25. The zero-order valence-electron chi connectivity index (χ0n) is 9.60. The topological polar surface area (TPSA) is 119 Å². The number of imide groups is 1. The van der Waals surface area contributed by atoms with E-state index >= 15 is 0 Å². The van der Waals surface area contributed by atoms with Gasteiger partial charge in [0.1, 0.15) is 11.3 Å². The highest BCUT2D eigenvalue weighted by atomic mass is 16.5. The number of carbonyl (C=O) groups is 3. The number of nitrogens with two attached hydrogens (primary N) is 1. The van der Waals surface area contributed by atoms with Crippen LogP contribution in [0.15, 0.2) is 18.2 Å². The number of para-hydroxylation sites is 1. The zero-order valence-corrected chi connectivity index (χ0v) is 9.60. The average Bonchev–Trinajstić information content (AvgIpc) is 2.25.